The smallest absolute Gasteiger partial charge is 0.231 e. The Morgan fingerprint density at radius 3 is 2.47 bits per heavy atom. The van der Waals surface area contributed by atoms with Crippen LogP contribution in [0.5, 0.6) is 0 Å². The SMILES string of the molecule is NC(=O)CN1CCN(C(=O)Cc2ccc(Cl)c(Cl)c2)[C@@H]2C(N3CCCC3)COC[C@H]21. The van der Waals surface area contributed by atoms with Crippen LogP contribution in [0.1, 0.15) is 18.4 Å². The maximum absolute atomic E-state index is 13.4. The van der Waals surface area contributed by atoms with E-state index in [0.717, 1.165) is 31.5 Å². The van der Waals surface area contributed by atoms with Crippen molar-refractivity contribution in [3.63, 3.8) is 0 Å². The summed E-state index contributed by atoms with van der Waals surface area (Å²) in [5.74, 6) is -0.291. The van der Waals surface area contributed by atoms with E-state index in [1.165, 1.54) is 0 Å². The molecule has 1 unspecified atom stereocenters. The van der Waals surface area contributed by atoms with Crippen LogP contribution in [-0.4, -0.2) is 90.6 Å². The van der Waals surface area contributed by atoms with Gasteiger partial charge in [-0.1, -0.05) is 29.3 Å². The molecule has 0 saturated carbocycles. The first kappa shape index (κ1) is 21.8. The van der Waals surface area contributed by atoms with Gasteiger partial charge in [-0.3, -0.25) is 19.4 Å². The number of nitrogens with zero attached hydrogens (tertiary/aromatic N) is 3. The van der Waals surface area contributed by atoms with Crippen molar-refractivity contribution in [2.75, 3.05) is 45.9 Å². The Morgan fingerprint density at radius 1 is 1.03 bits per heavy atom. The van der Waals surface area contributed by atoms with E-state index in [-0.39, 0.29) is 42.9 Å². The molecule has 0 bridgehead atoms. The Kier molecular flexibility index (Phi) is 6.85. The van der Waals surface area contributed by atoms with Gasteiger partial charge < -0.3 is 15.4 Å². The number of rotatable bonds is 5. The van der Waals surface area contributed by atoms with E-state index in [2.05, 4.69) is 9.80 Å². The second-order valence-electron chi connectivity index (χ2n) is 8.35. The molecule has 30 heavy (non-hydrogen) atoms. The maximum Gasteiger partial charge on any atom is 0.231 e. The largest absolute Gasteiger partial charge is 0.378 e. The first-order valence-corrected chi connectivity index (χ1v) is 11.3. The minimum Gasteiger partial charge on any atom is -0.378 e. The zero-order valence-electron chi connectivity index (χ0n) is 16.9. The standard InChI is InChI=1S/C21H28Cl2N4O3/c22-15-4-3-14(9-16(15)23)10-20(29)27-8-7-26(11-19(24)28)18-13-30-12-17(21(18)27)25-5-1-2-6-25/h3-4,9,17-18,21H,1-2,5-8,10-13H2,(H2,24,28)/t17?,18-,21-/m1/s1. The molecule has 3 aliphatic rings. The minimum absolute atomic E-state index is 0.0276. The van der Waals surface area contributed by atoms with Gasteiger partial charge in [0.15, 0.2) is 0 Å². The number of piperazine rings is 1. The number of primary amides is 1. The van der Waals surface area contributed by atoms with Crippen molar-refractivity contribution in [1.29, 1.82) is 0 Å². The number of likely N-dealkylation sites (tertiary alicyclic amines) is 1. The van der Waals surface area contributed by atoms with Crippen LogP contribution >= 0.6 is 23.2 Å². The molecular formula is C21H28Cl2N4O3. The Hall–Kier alpha value is -1.38. The first-order valence-electron chi connectivity index (χ1n) is 10.5. The summed E-state index contributed by atoms with van der Waals surface area (Å²) in [6, 6.07) is 5.38. The number of halogens is 2. The fourth-order valence-corrected chi connectivity index (χ4v) is 5.38. The van der Waals surface area contributed by atoms with Crippen LogP contribution in [0.15, 0.2) is 18.2 Å². The molecule has 2 amide bonds. The van der Waals surface area contributed by atoms with Crippen molar-refractivity contribution in [3.8, 4) is 0 Å². The van der Waals surface area contributed by atoms with E-state index < -0.39 is 0 Å². The number of carbonyl (C=O) groups excluding carboxylic acids is 2. The van der Waals surface area contributed by atoms with Crippen LogP contribution in [0.3, 0.4) is 0 Å². The predicted octanol–water partition coefficient (Wildman–Crippen LogP) is 1.40. The van der Waals surface area contributed by atoms with Crippen LogP contribution < -0.4 is 5.73 Å². The van der Waals surface area contributed by atoms with E-state index in [1.807, 2.05) is 11.0 Å². The van der Waals surface area contributed by atoms with Crippen LogP contribution in [0.25, 0.3) is 0 Å². The van der Waals surface area contributed by atoms with E-state index in [9.17, 15) is 9.59 Å². The number of ether oxygens (including phenoxy) is 1. The monoisotopic (exact) mass is 454 g/mol. The van der Waals surface area contributed by atoms with Crippen molar-refractivity contribution < 1.29 is 14.3 Å². The zero-order chi connectivity index (χ0) is 21.3. The number of hydrogen-bond donors (Lipinski definition) is 1. The van der Waals surface area contributed by atoms with Gasteiger partial charge in [0.25, 0.3) is 0 Å². The van der Waals surface area contributed by atoms with Crippen LogP contribution in [0, 0.1) is 0 Å². The molecule has 0 aromatic heterocycles. The molecule has 164 valence electrons. The molecule has 3 heterocycles. The van der Waals surface area contributed by atoms with Gasteiger partial charge in [-0.05, 0) is 43.6 Å². The third kappa shape index (κ3) is 4.60. The van der Waals surface area contributed by atoms with Crippen LogP contribution in [0.4, 0.5) is 0 Å². The summed E-state index contributed by atoms with van der Waals surface area (Å²) >= 11 is 12.2. The molecule has 2 N–H and O–H groups in total. The molecule has 7 nitrogen and oxygen atoms in total. The van der Waals surface area contributed by atoms with E-state index in [0.29, 0.717) is 36.3 Å². The number of nitrogens with two attached hydrogens (primary N) is 1. The normalized spacial score (nSPS) is 27.8. The fraction of sp³-hybridized carbons (Fsp3) is 0.619. The van der Waals surface area contributed by atoms with Gasteiger partial charge in [0.1, 0.15) is 0 Å². The molecule has 3 aliphatic heterocycles. The highest BCUT2D eigenvalue weighted by molar-refractivity contribution is 6.42. The summed E-state index contributed by atoms with van der Waals surface area (Å²) in [7, 11) is 0. The molecule has 1 aromatic carbocycles. The van der Waals surface area contributed by atoms with Crippen molar-refractivity contribution in [3.05, 3.63) is 33.8 Å². The molecule has 3 saturated heterocycles. The lowest BCUT2D eigenvalue weighted by Crippen LogP contribution is -2.72. The lowest BCUT2D eigenvalue weighted by molar-refractivity contribution is -0.153. The fourth-order valence-electron chi connectivity index (χ4n) is 5.06. The van der Waals surface area contributed by atoms with Crippen molar-refractivity contribution >= 4 is 35.0 Å². The van der Waals surface area contributed by atoms with E-state index in [1.54, 1.807) is 12.1 Å². The predicted molar refractivity (Wildman–Crippen MR) is 116 cm³/mol. The molecular weight excluding hydrogens is 427 g/mol. The molecule has 0 aliphatic carbocycles. The third-order valence-corrected chi connectivity index (χ3v) is 7.19. The number of hydrogen-bond acceptors (Lipinski definition) is 5. The Balaban J connectivity index is 1.57. The summed E-state index contributed by atoms with van der Waals surface area (Å²) in [6.07, 6.45) is 2.59. The van der Waals surface area contributed by atoms with Crippen molar-refractivity contribution in [2.45, 2.75) is 37.4 Å². The molecule has 4 rings (SSSR count). The molecule has 3 fully saturated rings. The molecule has 0 spiro atoms. The number of carbonyl (C=O) groups is 2. The summed E-state index contributed by atoms with van der Waals surface area (Å²) in [6.45, 7) is 4.49. The Labute approximate surface area is 187 Å². The van der Waals surface area contributed by atoms with E-state index >= 15 is 0 Å². The van der Waals surface area contributed by atoms with Gasteiger partial charge >= 0.3 is 0 Å². The highest BCUT2D eigenvalue weighted by Gasteiger charge is 2.48. The Morgan fingerprint density at radius 2 is 1.77 bits per heavy atom. The van der Waals surface area contributed by atoms with Gasteiger partial charge in [0.05, 0.1) is 54.4 Å². The summed E-state index contributed by atoms with van der Waals surface area (Å²) in [5, 5.41) is 0.929. The quantitative estimate of drug-likeness (QED) is 0.727. The van der Waals surface area contributed by atoms with Crippen LogP contribution in [-0.2, 0) is 20.7 Å². The number of amides is 2. The minimum atomic E-state index is -0.354. The molecule has 9 heteroatoms. The lowest BCUT2D eigenvalue weighted by atomic mass is 9.91. The summed E-state index contributed by atoms with van der Waals surface area (Å²) in [5.41, 5.74) is 6.33. The Bertz CT molecular complexity index is 802. The number of fused-ring (bicyclic) bond motifs is 1. The van der Waals surface area contributed by atoms with Gasteiger partial charge in [-0.2, -0.15) is 0 Å². The zero-order valence-corrected chi connectivity index (χ0v) is 18.4. The molecule has 1 aromatic rings. The average Bonchev–Trinajstić information content (AvgIpc) is 3.25. The van der Waals surface area contributed by atoms with Gasteiger partial charge in [0, 0.05) is 13.1 Å². The number of benzene rings is 1. The van der Waals surface area contributed by atoms with Gasteiger partial charge in [-0.15, -0.1) is 0 Å². The second-order valence-corrected chi connectivity index (χ2v) is 9.17. The van der Waals surface area contributed by atoms with Gasteiger partial charge in [0.2, 0.25) is 11.8 Å². The third-order valence-electron chi connectivity index (χ3n) is 6.45. The van der Waals surface area contributed by atoms with E-state index in [4.69, 9.17) is 33.7 Å². The lowest BCUT2D eigenvalue weighted by Gasteiger charge is -2.54. The maximum atomic E-state index is 13.4. The van der Waals surface area contributed by atoms with Gasteiger partial charge in [-0.25, -0.2) is 0 Å². The summed E-state index contributed by atoms with van der Waals surface area (Å²) < 4.78 is 5.95. The average molecular weight is 455 g/mol. The van der Waals surface area contributed by atoms with Crippen molar-refractivity contribution in [1.82, 2.24) is 14.7 Å². The highest BCUT2D eigenvalue weighted by Crippen LogP contribution is 2.30. The first-order chi connectivity index (χ1) is 14.4. The topological polar surface area (TPSA) is 79.1 Å². The van der Waals surface area contributed by atoms with Crippen LogP contribution in [0.2, 0.25) is 10.0 Å². The second kappa shape index (κ2) is 9.40. The molecule has 0 radical (unpaired) electrons. The molecule has 3 atom stereocenters. The van der Waals surface area contributed by atoms with Crippen molar-refractivity contribution in [2.24, 2.45) is 5.73 Å². The highest BCUT2D eigenvalue weighted by atomic mass is 35.5. The summed E-state index contributed by atoms with van der Waals surface area (Å²) in [4.78, 5) is 31.5.